The number of hydrogen-bond acceptors (Lipinski definition) is 8. The molecule has 2 unspecified atom stereocenters. The molecule has 1 radical (unpaired) electrons. The van der Waals surface area contributed by atoms with Gasteiger partial charge in [0.15, 0.2) is 5.82 Å². The Hall–Kier alpha value is -4.93. The molecule has 1 aromatic heterocycles. The highest BCUT2D eigenvalue weighted by Crippen LogP contribution is 2.41. The van der Waals surface area contributed by atoms with Gasteiger partial charge in [0.1, 0.15) is 12.0 Å². The highest BCUT2D eigenvalue weighted by Gasteiger charge is 2.46. The SMILES string of the molecule is CCOC(=O)C(C(=O)[N]c1ccccc1)N1c2cc(C(=O)O)cnc2N(C)C1CCc1ccc(C(=N)N)cc1. The number of benzene rings is 2. The number of amides is 1. The van der Waals surface area contributed by atoms with E-state index in [1.165, 1.54) is 12.3 Å². The van der Waals surface area contributed by atoms with Gasteiger partial charge in [0.25, 0.3) is 5.91 Å². The smallest absolute Gasteiger partial charge is 0.338 e. The number of anilines is 2. The van der Waals surface area contributed by atoms with E-state index in [4.69, 9.17) is 15.9 Å². The third kappa shape index (κ3) is 5.82. The van der Waals surface area contributed by atoms with Crippen LogP contribution in [0.4, 0.5) is 17.2 Å². The second kappa shape index (κ2) is 11.6. The summed E-state index contributed by atoms with van der Waals surface area (Å²) in [6.45, 7) is 1.69. The second-order valence-electron chi connectivity index (χ2n) is 8.96. The molecule has 0 aliphatic carbocycles. The number of hydrogen-bond donors (Lipinski definition) is 3. The van der Waals surface area contributed by atoms with Crippen molar-refractivity contribution >= 4 is 40.9 Å². The van der Waals surface area contributed by atoms with Gasteiger partial charge >= 0.3 is 11.9 Å². The predicted octanol–water partition coefficient (Wildman–Crippen LogP) is 2.67. The molecule has 3 aromatic rings. The van der Waals surface area contributed by atoms with Crippen LogP contribution in [0.15, 0.2) is 66.9 Å². The third-order valence-electron chi connectivity index (χ3n) is 6.45. The van der Waals surface area contributed by atoms with E-state index in [2.05, 4.69) is 10.3 Å². The number of nitrogen functional groups attached to an aromatic ring is 1. The number of fused-ring (bicyclic) bond motifs is 1. The van der Waals surface area contributed by atoms with Crippen molar-refractivity contribution in [2.75, 3.05) is 23.5 Å². The summed E-state index contributed by atoms with van der Waals surface area (Å²) in [6.07, 6.45) is 1.69. The first-order valence-corrected chi connectivity index (χ1v) is 12.4. The van der Waals surface area contributed by atoms with Crippen LogP contribution in [-0.4, -0.2) is 59.6 Å². The Kier molecular flexibility index (Phi) is 8.09. The lowest BCUT2D eigenvalue weighted by Gasteiger charge is -2.34. The number of ether oxygens (including phenoxy) is 1. The molecule has 1 aliphatic rings. The monoisotopic (exact) mass is 529 g/mol. The molecule has 0 saturated heterocycles. The number of nitrogens with one attached hydrogen (secondary N) is 1. The van der Waals surface area contributed by atoms with E-state index in [1.807, 2.05) is 17.0 Å². The molecule has 201 valence electrons. The lowest BCUT2D eigenvalue weighted by Crippen LogP contribution is -2.56. The Morgan fingerprint density at radius 2 is 1.82 bits per heavy atom. The molecule has 1 amide bonds. The third-order valence-corrected chi connectivity index (χ3v) is 6.45. The fourth-order valence-corrected chi connectivity index (χ4v) is 4.55. The zero-order valence-corrected chi connectivity index (χ0v) is 21.6. The summed E-state index contributed by atoms with van der Waals surface area (Å²) in [5.74, 6) is -2.32. The van der Waals surface area contributed by atoms with Crippen molar-refractivity contribution in [1.29, 1.82) is 5.41 Å². The predicted molar refractivity (Wildman–Crippen MR) is 145 cm³/mol. The number of pyridine rings is 1. The summed E-state index contributed by atoms with van der Waals surface area (Å²) in [5.41, 5.74) is 7.74. The number of amidine groups is 1. The average molecular weight is 530 g/mol. The van der Waals surface area contributed by atoms with Crippen LogP contribution in [-0.2, 0) is 20.7 Å². The first-order valence-electron chi connectivity index (χ1n) is 12.4. The van der Waals surface area contributed by atoms with Gasteiger partial charge in [-0.25, -0.2) is 19.9 Å². The summed E-state index contributed by atoms with van der Waals surface area (Å²) >= 11 is 0. The van der Waals surface area contributed by atoms with Crippen LogP contribution in [0, 0.1) is 5.41 Å². The minimum atomic E-state index is -1.47. The number of carbonyl (C=O) groups excluding carboxylic acids is 2. The molecule has 0 fully saturated rings. The fourth-order valence-electron chi connectivity index (χ4n) is 4.55. The number of para-hydroxylation sites is 1. The highest BCUT2D eigenvalue weighted by molar-refractivity contribution is 6.08. The molecule has 11 heteroatoms. The van der Waals surface area contributed by atoms with Gasteiger partial charge in [0.05, 0.1) is 23.5 Å². The Morgan fingerprint density at radius 3 is 2.44 bits per heavy atom. The summed E-state index contributed by atoms with van der Waals surface area (Å²) in [5, 5.41) is 21.4. The van der Waals surface area contributed by atoms with E-state index in [1.54, 1.807) is 61.3 Å². The van der Waals surface area contributed by atoms with E-state index in [-0.39, 0.29) is 18.0 Å². The number of aryl methyl sites for hydroxylation is 1. The van der Waals surface area contributed by atoms with Gasteiger partial charge in [-0.05, 0) is 43.5 Å². The van der Waals surface area contributed by atoms with Crippen molar-refractivity contribution in [2.24, 2.45) is 5.73 Å². The Bertz CT molecular complexity index is 1380. The van der Waals surface area contributed by atoms with Crippen LogP contribution in [0.2, 0.25) is 0 Å². The fraction of sp³-hybridized carbons (Fsp3) is 0.250. The van der Waals surface area contributed by atoms with Crippen molar-refractivity contribution < 1.29 is 24.2 Å². The molecule has 0 saturated carbocycles. The van der Waals surface area contributed by atoms with Crippen molar-refractivity contribution in [3.63, 3.8) is 0 Å². The minimum Gasteiger partial charge on any atom is -0.478 e. The van der Waals surface area contributed by atoms with Crippen LogP contribution in [0.5, 0.6) is 0 Å². The normalized spacial score (nSPS) is 14.9. The standard InChI is InChI=1S/C28H29N6O5/c1-3-39-28(38)23(26(35)32-20-7-5-4-6-8-20)34-21-15-19(27(36)37)16-31-25(21)33(2)22(34)14-11-17-9-12-18(13-10-17)24(29)30/h4-10,12-13,15-16,22-23H,3,11,14H2,1-2H3,(H3,29,30)(H,36,37). The van der Waals surface area contributed by atoms with Gasteiger partial charge in [-0.1, -0.05) is 42.5 Å². The lowest BCUT2D eigenvalue weighted by atomic mass is 10.0. The van der Waals surface area contributed by atoms with Gasteiger partial charge in [-0.2, -0.15) is 0 Å². The minimum absolute atomic E-state index is 0.0306. The highest BCUT2D eigenvalue weighted by atomic mass is 16.5. The zero-order chi connectivity index (χ0) is 28.1. The van der Waals surface area contributed by atoms with Crippen LogP contribution in [0.3, 0.4) is 0 Å². The quantitative estimate of drug-likeness (QED) is 0.155. The van der Waals surface area contributed by atoms with Gasteiger partial charge in [0, 0.05) is 18.8 Å². The first kappa shape index (κ1) is 27.1. The molecular weight excluding hydrogens is 500 g/mol. The van der Waals surface area contributed by atoms with Gasteiger partial charge in [-0.15, -0.1) is 0 Å². The van der Waals surface area contributed by atoms with E-state index in [0.717, 1.165) is 5.56 Å². The van der Waals surface area contributed by atoms with Crippen LogP contribution in [0.25, 0.3) is 0 Å². The largest absolute Gasteiger partial charge is 0.478 e. The van der Waals surface area contributed by atoms with Crippen molar-refractivity contribution in [3.05, 3.63) is 83.6 Å². The molecule has 4 rings (SSSR count). The average Bonchev–Trinajstić information content (AvgIpc) is 3.19. The van der Waals surface area contributed by atoms with E-state index >= 15 is 0 Å². The van der Waals surface area contributed by atoms with Crippen LogP contribution < -0.4 is 20.9 Å². The van der Waals surface area contributed by atoms with Crippen molar-refractivity contribution in [1.82, 2.24) is 10.3 Å². The summed E-state index contributed by atoms with van der Waals surface area (Å²) in [6, 6.07) is 15.7. The van der Waals surface area contributed by atoms with Crippen molar-refractivity contribution in [2.45, 2.75) is 32.0 Å². The van der Waals surface area contributed by atoms with Crippen molar-refractivity contribution in [3.8, 4) is 0 Å². The molecule has 2 heterocycles. The maximum atomic E-state index is 13.6. The number of rotatable bonds is 10. The first-order chi connectivity index (χ1) is 18.7. The maximum Gasteiger partial charge on any atom is 0.338 e. The second-order valence-corrected chi connectivity index (χ2v) is 8.96. The summed E-state index contributed by atoms with van der Waals surface area (Å²) in [7, 11) is 1.77. The molecule has 0 spiro atoms. The van der Waals surface area contributed by atoms with Crippen LogP contribution in [0.1, 0.15) is 34.8 Å². The topological polar surface area (TPSA) is 164 Å². The molecule has 4 N–H and O–H groups in total. The van der Waals surface area contributed by atoms with Crippen LogP contribution >= 0.6 is 0 Å². The number of aromatic nitrogens is 1. The lowest BCUT2D eigenvalue weighted by molar-refractivity contribution is -0.148. The van der Waals surface area contributed by atoms with Gasteiger partial charge in [-0.3, -0.25) is 10.2 Å². The molecule has 2 aromatic carbocycles. The molecule has 39 heavy (non-hydrogen) atoms. The number of esters is 1. The molecular formula is C28H29N6O5. The molecule has 11 nitrogen and oxygen atoms in total. The van der Waals surface area contributed by atoms with E-state index in [0.29, 0.717) is 35.6 Å². The number of aromatic carboxylic acids is 1. The summed E-state index contributed by atoms with van der Waals surface area (Å²) < 4.78 is 5.30. The zero-order valence-electron chi connectivity index (χ0n) is 21.6. The number of nitrogens with zero attached hydrogens (tertiary/aromatic N) is 4. The number of carbonyl (C=O) groups is 3. The Labute approximate surface area is 225 Å². The van der Waals surface area contributed by atoms with E-state index < -0.39 is 30.1 Å². The maximum absolute atomic E-state index is 13.6. The van der Waals surface area contributed by atoms with E-state index in [9.17, 15) is 19.5 Å². The molecule has 1 aliphatic heterocycles. The Balaban J connectivity index is 1.73. The summed E-state index contributed by atoms with van der Waals surface area (Å²) in [4.78, 5) is 46.4. The van der Waals surface area contributed by atoms with Gasteiger partial charge < -0.3 is 25.4 Å². The number of carboxylic acids is 1. The molecule has 2 atom stereocenters. The van der Waals surface area contributed by atoms with Gasteiger partial charge in [0.2, 0.25) is 6.04 Å². The number of nitrogens with two attached hydrogens (primary N) is 1. The number of carboxylic acid groups (broad SMARTS) is 1. The molecule has 0 bridgehead atoms. The Morgan fingerprint density at radius 1 is 1.13 bits per heavy atom.